The normalized spacial score (nSPS) is 23.2. The SMILES string of the molecule is C[C@H]1OC(=O)[C@H](CCCCCCCCCCCc2ccc3c(c2)OCO3)[C@@H]1O. The van der Waals surface area contributed by atoms with Gasteiger partial charge in [0, 0.05) is 0 Å². The van der Waals surface area contributed by atoms with E-state index in [0.29, 0.717) is 6.79 Å². The molecule has 0 bridgehead atoms. The Hall–Kier alpha value is -1.75. The number of hydrogen-bond acceptors (Lipinski definition) is 5. The number of esters is 1. The Bertz CT molecular complexity index is 629. The van der Waals surface area contributed by atoms with Gasteiger partial charge >= 0.3 is 5.97 Å². The van der Waals surface area contributed by atoms with Crippen LogP contribution in [0.3, 0.4) is 0 Å². The Kier molecular flexibility index (Phi) is 8.01. The third-order valence-electron chi connectivity index (χ3n) is 5.92. The van der Waals surface area contributed by atoms with Crippen molar-refractivity contribution in [2.45, 2.75) is 89.8 Å². The lowest BCUT2D eigenvalue weighted by atomic mass is 9.95. The molecule has 3 rings (SSSR count). The minimum Gasteiger partial charge on any atom is -0.460 e. The van der Waals surface area contributed by atoms with Gasteiger partial charge in [-0.25, -0.2) is 0 Å². The lowest BCUT2D eigenvalue weighted by Gasteiger charge is -2.11. The Morgan fingerprint density at radius 3 is 2.25 bits per heavy atom. The molecule has 5 nitrogen and oxygen atoms in total. The number of ether oxygens (including phenoxy) is 3. The zero-order valence-electron chi connectivity index (χ0n) is 17.0. The molecule has 156 valence electrons. The topological polar surface area (TPSA) is 65.0 Å². The quantitative estimate of drug-likeness (QED) is 0.411. The van der Waals surface area contributed by atoms with Gasteiger partial charge in [-0.15, -0.1) is 0 Å². The van der Waals surface area contributed by atoms with E-state index in [-0.39, 0.29) is 18.0 Å². The van der Waals surface area contributed by atoms with Crippen molar-refractivity contribution in [2.75, 3.05) is 6.79 Å². The molecule has 5 heteroatoms. The fourth-order valence-corrected chi connectivity index (χ4v) is 4.12. The highest BCUT2D eigenvalue weighted by Crippen LogP contribution is 2.33. The van der Waals surface area contributed by atoms with E-state index in [0.717, 1.165) is 37.2 Å². The fourth-order valence-electron chi connectivity index (χ4n) is 4.12. The van der Waals surface area contributed by atoms with Gasteiger partial charge in [-0.05, 0) is 43.9 Å². The summed E-state index contributed by atoms with van der Waals surface area (Å²) in [4.78, 5) is 11.6. The molecule has 0 aromatic heterocycles. The largest absolute Gasteiger partial charge is 0.460 e. The van der Waals surface area contributed by atoms with Gasteiger partial charge in [0.25, 0.3) is 0 Å². The van der Waals surface area contributed by atoms with Crippen LogP contribution in [-0.4, -0.2) is 30.1 Å². The maximum Gasteiger partial charge on any atom is 0.312 e. The lowest BCUT2D eigenvalue weighted by molar-refractivity contribution is -0.143. The molecule has 0 unspecified atom stereocenters. The number of hydrogen-bond donors (Lipinski definition) is 1. The van der Waals surface area contributed by atoms with Crippen molar-refractivity contribution in [3.63, 3.8) is 0 Å². The third-order valence-corrected chi connectivity index (χ3v) is 5.92. The second kappa shape index (κ2) is 10.7. The number of fused-ring (bicyclic) bond motifs is 1. The van der Waals surface area contributed by atoms with Gasteiger partial charge in [0.2, 0.25) is 6.79 Å². The maximum absolute atomic E-state index is 11.6. The summed E-state index contributed by atoms with van der Waals surface area (Å²) in [7, 11) is 0. The van der Waals surface area contributed by atoms with E-state index in [2.05, 4.69) is 12.1 Å². The van der Waals surface area contributed by atoms with E-state index < -0.39 is 6.10 Å². The summed E-state index contributed by atoms with van der Waals surface area (Å²) < 4.78 is 15.8. The number of carbonyl (C=O) groups is 1. The summed E-state index contributed by atoms with van der Waals surface area (Å²) in [6.07, 6.45) is 11.9. The van der Waals surface area contributed by atoms with Crippen LogP contribution in [-0.2, 0) is 16.0 Å². The molecular weight excluding hydrogens is 356 g/mol. The van der Waals surface area contributed by atoms with Crippen LogP contribution in [0, 0.1) is 5.92 Å². The zero-order valence-corrected chi connectivity index (χ0v) is 17.0. The van der Waals surface area contributed by atoms with Gasteiger partial charge in [-0.1, -0.05) is 57.4 Å². The van der Waals surface area contributed by atoms with Crippen molar-refractivity contribution in [2.24, 2.45) is 5.92 Å². The van der Waals surface area contributed by atoms with E-state index in [4.69, 9.17) is 14.2 Å². The van der Waals surface area contributed by atoms with E-state index in [9.17, 15) is 9.90 Å². The van der Waals surface area contributed by atoms with Gasteiger partial charge in [0.15, 0.2) is 11.5 Å². The van der Waals surface area contributed by atoms with E-state index in [1.54, 1.807) is 6.92 Å². The van der Waals surface area contributed by atoms with Crippen molar-refractivity contribution < 1.29 is 24.1 Å². The molecule has 2 aliphatic heterocycles. The average Bonchev–Trinajstić information content (AvgIpc) is 3.24. The number of carbonyl (C=O) groups excluding carboxylic acids is 1. The lowest BCUT2D eigenvalue weighted by Crippen LogP contribution is -2.24. The molecule has 0 spiro atoms. The van der Waals surface area contributed by atoms with Crippen LogP contribution in [0.4, 0.5) is 0 Å². The number of benzene rings is 1. The number of cyclic esters (lactones) is 1. The number of aryl methyl sites for hydroxylation is 1. The monoisotopic (exact) mass is 390 g/mol. The first-order chi connectivity index (χ1) is 13.6. The molecule has 1 N–H and O–H groups in total. The van der Waals surface area contributed by atoms with Crippen LogP contribution in [0.15, 0.2) is 18.2 Å². The minimum atomic E-state index is -0.620. The molecule has 3 atom stereocenters. The first-order valence-electron chi connectivity index (χ1n) is 10.9. The predicted molar refractivity (Wildman–Crippen MR) is 107 cm³/mol. The highest BCUT2D eigenvalue weighted by Gasteiger charge is 2.40. The zero-order chi connectivity index (χ0) is 19.8. The molecule has 1 saturated heterocycles. The number of aliphatic hydroxyl groups excluding tert-OH is 1. The number of unbranched alkanes of at least 4 members (excludes halogenated alkanes) is 8. The molecule has 1 aromatic carbocycles. The first kappa shape index (κ1) is 21.0. The molecular formula is C23H34O5. The van der Waals surface area contributed by atoms with Gasteiger partial charge in [0.1, 0.15) is 12.2 Å². The average molecular weight is 391 g/mol. The van der Waals surface area contributed by atoms with Crippen LogP contribution in [0.25, 0.3) is 0 Å². The van der Waals surface area contributed by atoms with Crippen molar-refractivity contribution in [1.82, 2.24) is 0 Å². The van der Waals surface area contributed by atoms with Crippen LogP contribution in [0.2, 0.25) is 0 Å². The molecule has 28 heavy (non-hydrogen) atoms. The van der Waals surface area contributed by atoms with Gasteiger partial charge in [0.05, 0.1) is 5.92 Å². The Morgan fingerprint density at radius 2 is 1.57 bits per heavy atom. The Balaban J connectivity index is 1.13. The third kappa shape index (κ3) is 5.87. The molecule has 0 aliphatic carbocycles. The molecule has 1 fully saturated rings. The minimum absolute atomic E-state index is 0.222. The summed E-state index contributed by atoms with van der Waals surface area (Å²) in [5.74, 6) is 1.21. The summed E-state index contributed by atoms with van der Waals surface area (Å²) in [5.41, 5.74) is 1.33. The predicted octanol–water partition coefficient (Wildman–Crippen LogP) is 4.78. The summed E-state index contributed by atoms with van der Waals surface area (Å²) in [5, 5.41) is 9.93. The summed E-state index contributed by atoms with van der Waals surface area (Å²) in [6, 6.07) is 6.25. The van der Waals surface area contributed by atoms with Crippen molar-refractivity contribution in [3.8, 4) is 11.5 Å². The van der Waals surface area contributed by atoms with E-state index >= 15 is 0 Å². The van der Waals surface area contributed by atoms with Crippen molar-refractivity contribution in [1.29, 1.82) is 0 Å². The first-order valence-corrected chi connectivity index (χ1v) is 10.9. The van der Waals surface area contributed by atoms with E-state index in [1.165, 1.54) is 50.5 Å². The van der Waals surface area contributed by atoms with Crippen LogP contribution in [0.1, 0.15) is 76.7 Å². The maximum atomic E-state index is 11.6. The smallest absolute Gasteiger partial charge is 0.312 e. The summed E-state index contributed by atoms with van der Waals surface area (Å²) in [6.45, 7) is 2.10. The van der Waals surface area contributed by atoms with Crippen LogP contribution >= 0.6 is 0 Å². The molecule has 0 radical (unpaired) electrons. The standard InChI is InChI=1S/C23H34O5/c1-17-22(24)19(23(25)28-17)12-10-8-6-4-2-3-5-7-9-11-18-13-14-20-21(15-18)27-16-26-20/h13-15,17,19,22,24H,2-12,16H2,1H3/t17-,19-,22-/m1/s1. The summed E-state index contributed by atoms with van der Waals surface area (Å²) >= 11 is 0. The fraction of sp³-hybridized carbons (Fsp3) is 0.696. The van der Waals surface area contributed by atoms with Crippen LogP contribution < -0.4 is 9.47 Å². The molecule has 0 saturated carbocycles. The molecule has 2 aliphatic rings. The Labute approximate surface area is 168 Å². The molecule has 1 aromatic rings. The Morgan fingerprint density at radius 1 is 0.929 bits per heavy atom. The van der Waals surface area contributed by atoms with Gasteiger partial charge in [-0.3, -0.25) is 4.79 Å². The van der Waals surface area contributed by atoms with Gasteiger partial charge in [-0.2, -0.15) is 0 Å². The molecule has 2 heterocycles. The highest BCUT2D eigenvalue weighted by atomic mass is 16.7. The van der Waals surface area contributed by atoms with Gasteiger partial charge < -0.3 is 19.3 Å². The second-order valence-corrected chi connectivity index (χ2v) is 8.15. The second-order valence-electron chi connectivity index (χ2n) is 8.15. The van der Waals surface area contributed by atoms with Crippen molar-refractivity contribution in [3.05, 3.63) is 23.8 Å². The molecule has 0 amide bonds. The van der Waals surface area contributed by atoms with E-state index in [1.807, 2.05) is 6.07 Å². The highest BCUT2D eigenvalue weighted by molar-refractivity contribution is 5.75. The number of aliphatic hydroxyl groups is 1. The van der Waals surface area contributed by atoms with Crippen LogP contribution in [0.5, 0.6) is 11.5 Å². The van der Waals surface area contributed by atoms with Crippen molar-refractivity contribution >= 4 is 5.97 Å². The number of rotatable bonds is 12.